The first-order chi connectivity index (χ1) is 7.63. The van der Waals surface area contributed by atoms with Crippen LogP contribution in [-0.2, 0) is 10.8 Å². The van der Waals surface area contributed by atoms with Gasteiger partial charge < -0.3 is 5.32 Å². The predicted molar refractivity (Wildman–Crippen MR) is 70.5 cm³/mol. The van der Waals surface area contributed by atoms with Gasteiger partial charge in [-0.2, -0.15) is 0 Å². The third kappa shape index (κ3) is 4.64. The Hall–Kier alpha value is -0.380. The zero-order valence-corrected chi connectivity index (χ0v) is 11.3. The first-order valence-corrected chi connectivity index (χ1v) is 7.20. The van der Waals surface area contributed by atoms with Gasteiger partial charge in [0.15, 0.2) is 0 Å². The molecular weight excluding hydrogens is 242 g/mol. The van der Waals surface area contributed by atoms with Crippen LogP contribution in [0.1, 0.15) is 20.3 Å². The van der Waals surface area contributed by atoms with Gasteiger partial charge in [0.25, 0.3) is 0 Å². The molecule has 0 aliphatic heterocycles. The lowest BCUT2D eigenvalue weighted by atomic mass is 10.3. The number of hydrogen-bond acceptors (Lipinski definition) is 2. The highest BCUT2D eigenvalue weighted by Crippen LogP contribution is 2.13. The van der Waals surface area contributed by atoms with Crippen LogP contribution in [0.4, 0.5) is 0 Å². The molecule has 0 fully saturated rings. The molecule has 1 N–H and O–H groups in total. The van der Waals surface area contributed by atoms with Gasteiger partial charge in [-0.05, 0) is 44.2 Å². The van der Waals surface area contributed by atoms with E-state index in [4.69, 9.17) is 11.6 Å². The van der Waals surface area contributed by atoms with Crippen molar-refractivity contribution >= 4 is 22.4 Å². The van der Waals surface area contributed by atoms with Gasteiger partial charge in [-0.1, -0.05) is 18.5 Å². The van der Waals surface area contributed by atoms with Gasteiger partial charge in [-0.25, -0.2) is 0 Å². The molecular formula is C12H18ClNOS. The third-order valence-corrected chi connectivity index (χ3v) is 4.02. The molecule has 90 valence electrons. The van der Waals surface area contributed by atoms with Crippen LogP contribution in [0.2, 0.25) is 5.02 Å². The Bertz CT molecular complexity index is 339. The average Bonchev–Trinajstić information content (AvgIpc) is 2.27. The minimum absolute atomic E-state index is 0.418. The molecule has 0 saturated carbocycles. The van der Waals surface area contributed by atoms with Crippen molar-refractivity contribution in [3.8, 4) is 0 Å². The van der Waals surface area contributed by atoms with Gasteiger partial charge in [0, 0.05) is 21.7 Å². The Kier molecular flexibility index (Phi) is 6.03. The lowest BCUT2D eigenvalue weighted by Gasteiger charge is -2.11. The Morgan fingerprint density at radius 2 is 2.00 bits per heavy atom. The average molecular weight is 260 g/mol. The minimum atomic E-state index is -0.914. The predicted octanol–water partition coefficient (Wildman–Crippen LogP) is 2.84. The fourth-order valence-corrected chi connectivity index (χ4v) is 2.81. The van der Waals surface area contributed by atoms with E-state index in [9.17, 15) is 4.21 Å². The van der Waals surface area contributed by atoms with Crippen LogP contribution in [0.25, 0.3) is 0 Å². The Balaban J connectivity index is 2.43. The second kappa shape index (κ2) is 7.05. The SMILES string of the molecule is CCNC(C)CCS(=O)c1ccc(Cl)cc1. The molecule has 2 nitrogen and oxygen atoms in total. The van der Waals surface area contributed by atoms with Gasteiger partial charge in [0.1, 0.15) is 0 Å². The number of rotatable bonds is 6. The third-order valence-electron chi connectivity index (χ3n) is 2.37. The van der Waals surface area contributed by atoms with E-state index in [1.54, 1.807) is 12.1 Å². The molecule has 1 aromatic carbocycles. The maximum Gasteiger partial charge on any atom is 0.0530 e. The fourth-order valence-electron chi connectivity index (χ4n) is 1.44. The summed E-state index contributed by atoms with van der Waals surface area (Å²) in [5.41, 5.74) is 0. The van der Waals surface area contributed by atoms with E-state index >= 15 is 0 Å². The maximum atomic E-state index is 11.9. The summed E-state index contributed by atoms with van der Waals surface area (Å²) in [6.45, 7) is 5.14. The molecule has 0 spiro atoms. The van der Waals surface area contributed by atoms with Crippen LogP contribution in [0.5, 0.6) is 0 Å². The van der Waals surface area contributed by atoms with E-state index in [0.717, 1.165) is 17.9 Å². The molecule has 0 bridgehead atoms. The molecule has 2 atom stereocenters. The van der Waals surface area contributed by atoms with Crippen molar-refractivity contribution in [1.82, 2.24) is 5.32 Å². The highest BCUT2D eigenvalue weighted by molar-refractivity contribution is 7.85. The number of benzene rings is 1. The first-order valence-electron chi connectivity index (χ1n) is 5.50. The van der Waals surface area contributed by atoms with Crippen LogP contribution in [0, 0.1) is 0 Å². The van der Waals surface area contributed by atoms with E-state index < -0.39 is 10.8 Å². The summed E-state index contributed by atoms with van der Waals surface area (Å²) in [5, 5.41) is 3.99. The molecule has 0 aliphatic rings. The highest BCUT2D eigenvalue weighted by atomic mass is 35.5. The van der Waals surface area contributed by atoms with E-state index in [1.165, 1.54) is 0 Å². The summed E-state index contributed by atoms with van der Waals surface area (Å²) >= 11 is 5.78. The molecule has 0 amide bonds. The van der Waals surface area contributed by atoms with Crippen molar-refractivity contribution in [2.24, 2.45) is 0 Å². The quantitative estimate of drug-likeness (QED) is 0.851. The molecule has 2 unspecified atom stereocenters. The summed E-state index contributed by atoms with van der Waals surface area (Å²) in [4.78, 5) is 0.855. The second-order valence-electron chi connectivity index (χ2n) is 3.75. The Morgan fingerprint density at radius 1 is 1.38 bits per heavy atom. The van der Waals surface area contributed by atoms with Crippen molar-refractivity contribution in [3.63, 3.8) is 0 Å². The molecule has 0 aromatic heterocycles. The lowest BCUT2D eigenvalue weighted by Crippen LogP contribution is -2.27. The summed E-state index contributed by atoms with van der Waals surface area (Å²) in [6, 6.07) is 7.64. The number of hydrogen-bond donors (Lipinski definition) is 1. The van der Waals surface area contributed by atoms with Crippen LogP contribution >= 0.6 is 11.6 Å². The van der Waals surface area contributed by atoms with Gasteiger partial charge in [0.05, 0.1) is 10.8 Å². The molecule has 0 radical (unpaired) electrons. The van der Waals surface area contributed by atoms with Crippen molar-refractivity contribution in [1.29, 1.82) is 0 Å². The fraction of sp³-hybridized carbons (Fsp3) is 0.500. The molecule has 0 heterocycles. The highest BCUT2D eigenvalue weighted by Gasteiger charge is 2.06. The molecule has 4 heteroatoms. The van der Waals surface area contributed by atoms with Gasteiger partial charge >= 0.3 is 0 Å². The normalized spacial score (nSPS) is 14.7. The molecule has 1 rings (SSSR count). The van der Waals surface area contributed by atoms with Crippen molar-refractivity contribution in [2.75, 3.05) is 12.3 Å². The zero-order chi connectivity index (χ0) is 12.0. The van der Waals surface area contributed by atoms with E-state index in [-0.39, 0.29) is 0 Å². The Labute approximate surface area is 105 Å². The van der Waals surface area contributed by atoms with Gasteiger partial charge in [0.2, 0.25) is 0 Å². The zero-order valence-electron chi connectivity index (χ0n) is 9.70. The van der Waals surface area contributed by atoms with Crippen LogP contribution < -0.4 is 5.32 Å². The van der Waals surface area contributed by atoms with E-state index in [0.29, 0.717) is 16.8 Å². The minimum Gasteiger partial charge on any atom is -0.315 e. The molecule has 0 aliphatic carbocycles. The second-order valence-corrected chi connectivity index (χ2v) is 5.76. The smallest absolute Gasteiger partial charge is 0.0530 e. The molecule has 16 heavy (non-hydrogen) atoms. The molecule has 0 saturated heterocycles. The lowest BCUT2D eigenvalue weighted by molar-refractivity contribution is 0.553. The molecule has 1 aromatic rings. The van der Waals surface area contributed by atoms with Crippen LogP contribution in [0.3, 0.4) is 0 Å². The van der Waals surface area contributed by atoms with Crippen molar-refractivity contribution in [3.05, 3.63) is 29.3 Å². The summed E-state index contributed by atoms with van der Waals surface area (Å²) in [6.07, 6.45) is 0.920. The first kappa shape index (κ1) is 13.7. The monoisotopic (exact) mass is 259 g/mol. The topological polar surface area (TPSA) is 29.1 Å². The summed E-state index contributed by atoms with van der Waals surface area (Å²) in [5.74, 6) is 0.690. The summed E-state index contributed by atoms with van der Waals surface area (Å²) in [7, 11) is -0.914. The largest absolute Gasteiger partial charge is 0.315 e. The van der Waals surface area contributed by atoms with Gasteiger partial charge in [-0.3, -0.25) is 4.21 Å². The Morgan fingerprint density at radius 3 is 2.56 bits per heavy atom. The number of nitrogens with one attached hydrogen (secondary N) is 1. The van der Waals surface area contributed by atoms with Gasteiger partial charge in [-0.15, -0.1) is 0 Å². The van der Waals surface area contributed by atoms with Crippen molar-refractivity contribution in [2.45, 2.75) is 31.2 Å². The van der Waals surface area contributed by atoms with Crippen molar-refractivity contribution < 1.29 is 4.21 Å². The summed E-state index contributed by atoms with van der Waals surface area (Å²) < 4.78 is 11.9. The van der Waals surface area contributed by atoms with E-state index in [1.807, 2.05) is 12.1 Å². The van der Waals surface area contributed by atoms with Crippen LogP contribution in [-0.4, -0.2) is 22.5 Å². The number of halogens is 1. The van der Waals surface area contributed by atoms with E-state index in [2.05, 4.69) is 19.2 Å². The maximum absolute atomic E-state index is 11.9. The van der Waals surface area contributed by atoms with Crippen LogP contribution in [0.15, 0.2) is 29.2 Å². The standard InChI is InChI=1S/C12H18ClNOS/c1-3-14-10(2)8-9-16(15)12-6-4-11(13)5-7-12/h4-7,10,14H,3,8-9H2,1-2H3.